The number of hydrogen-bond donors (Lipinski definition) is 1. The van der Waals surface area contributed by atoms with Gasteiger partial charge in [-0.1, -0.05) is 135 Å². The maximum Gasteiger partial charge on any atom is 0.306 e. The number of unbranched alkanes of at least 4 members (excludes halogenated alkanes) is 7. The third-order valence-corrected chi connectivity index (χ3v) is 14.0. The van der Waals surface area contributed by atoms with E-state index in [1.807, 2.05) is 12.2 Å². The zero-order chi connectivity index (χ0) is 34.6. The van der Waals surface area contributed by atoms with Crippen molar-refractivity contribution in [1.29, 1.82) is 0 Å². The fourth-order valence-electron chi connectivity index (χ4n) is 11.1. The highest BCUT2D eigenvalue weighted by atomic mass is 16.5. The van der Waals surface area contributed by atoms with Gasteiger partial charge in [0.1, 0.15) is 6.10 Å². The smallest absolute Gasteiger partial charge is 0.306 e. The Labute approximate surface area is 297 Å². The summed E-state index contributed by atoms with van der Waals surface area (Å²) in [5, 5.41) is 10.2. The van der Waals surface area contributed by atoms with Crippen molar-refractivity contribution in [3.05, 3.63) is 36.0 Å². The van der Waals surface area contributed by atoms with E-state index < -0.39 is 0 Å². The molecule has 0 aliphatic heterocycles. The average molecular weight is 665 g/mol. The first-order valence-electron chi connectivity index (χ1n) is 21.0. The summed E-state index contributed by atoms with van der Waals surface area (Å²) in [6.07, 6.45) is 36.4. The molecule has 4 rings (SSSR count). The Hall–Kier alpha value is -1.35. The highest BCUT2D eigenvalue weighted by Gasteiger charge is 2.59. The molecular formula is C45H76O3. The molecule has 1 unspecified atom stereocenters. The molecule has 0 aromatic heterocycles. The SMILES string of the molecule is CCCCC/C=C/C=C/C(O)CCCCCCCC(=O)O[C@H]1CC[C@@]2(C)C(=CC[C@H]3[C@@H]4CC[C@H]([C@H](C)CCCC(C)C)[C@@]4(C)CC[C@@H]32)C1. The Morgan fingerprint density at radius 2 is 1.69 bits per heavy atom. The number of aliphatic hydroxyl groups is 1. The summed E-state index contributed by atoms with van der Waals surface area (Å²) in [6, 6.07) is 0. The summed E-state index contributed by atoms with van der Waals surface area (Å²) < 4.78 is 6.10. The quantitative estimate of drug-likeness (QED) is 0.0610. The minimum absolute atomic E-state index is 0.00846. The molecule has 0 aromatic rings. The number of hydrogen-bond acceptors (Lipinski definition) is 3. The Kier molecular flexibility index (Phi) is 15.9. The van der Waals surface area contributed by atoms with Crippen molar-refractivity contribution >= 4 is 5.97 Å². The van der Waals surface area contributed by atoms with Crippen LogP contribution < -0.4 is 0 Å². The van der Waals surface area contributed by atoms with Crippen molar-refractivity contribution < 1.29 is 14.6 Å². The summed E-state index contributed by atoms with van der Waals surface area (Å²) in [7, 11) is 0. The van der Waals surface area contributed by atoms with Crippen molar-refractivity contribution in [2.24, 2.45) is 46.3 Å². The van der Waals surface area contributed by atoms with Crippen LogP contribution in [0, 0.1) is 46.3 Å². The molecule has 3 saturated carbocycles. The number of rotatable bonds is 20. The lowest BCUT2D eigenvalue weighted by Crippen LogP contribution is -2.51. The highest BCUT2D eigenvalue weighted by molar-refractivity contribution is 5.69. The van der Waals surface area contributed by atoms with Crippen molar-refractivity contribution in [3.63, 3.8) is 0 Å². The molecule has 9 atom stereocenters. The zero-order valence-electron chi connectivity index (χ0n) is 32.3. The van der Waals surface area contributed by atoms with Gasteiger partial charge in [-0.3, -0.25) is 4.79 Å². The van der Waals surface area contributed by atoms with Crippen molar-refractivity contribution in [2.45, 2.75) is 195 Å². The first-order chi connectivity index (χ1) is 23.1. The summed E-state index contributed by atoms with van der Waals surface area (Å²) in [5.74, 6) is 5.18. The van der Waals surface area contributed by atoms with E-state index in [-0.39, 0.29) is 18.2 Å². The van der Waals surface area contributed by atoms with Gasteiger partial charge in [-0.25, -0.2) is 0 Å². The van der Waals surface area contributed by atoms with Crippen LogP contribution in [0.5, 0.6) is 0 Å². The van der Waals surface area contributed by atoms with Crippen LogP contribution in [-0.2, 0) is 9.53 Å². The molecule has 3 fully saturated rings. The van der Waals surface area contributed by atoms with E-state index in [9.17, 15) is 9.90 Å². The van der Waals surface area contributed by atoms with Crippen molar-refractivity contribution in [3.8, 4) is 0 Å². The number of aliphatic hydroxyl groups excluding tert-OH is 1. The van der Waals surface area contributed by atoms with E-state index >= 15 is 0 Å². The van der Waals surface area contributed by atoms with E-state index in [1.165, 1.54) is 77.0 Å². The summed E-state index contributed by atoms with van der Waals surface area (Å²) >= 11 is 0. The van der Waals surface area contributed by atoms with Gasteiger partial charge in [0.25, 0.3) is 0 Å². The zero-order valence-corrected chi connectivity index (χ0v) is 32.3. The molecule has 274 valence electrons. The van der Waals surface area contributed by atoms with Gasteiger partial charge in [-0.2, -0.15) is 0 Å². The third kappa shape index (κ3) is 10.6. The second-order valence-corrected chi connectivity index (χ2v) is 17.8. The molecular weight excluding hydrogens is 588 g/mol. The predicted molar refractivity (Wildman–Crippen MR) is 204 cm³/mol. The van der Waals surface area contributed by atoms with Gasteiger partial charge in [-0.05, 0) is 117 Å². The number of fused-ring (bicyclic) bond motifs is 5. The van der Waals surface area contributed by atoms with Crippen LogP contribution in [0.1, 0.15) is 183 Å². The molecule has 0 bridgehead atoms. The fourth-order valence-corrected chi connectivity index (χ4v) is 11.1. The summed E-state index contributed by atoms with van der Waals surface area (Å²) in [6.45, 7) is 14.8. The lowest BCUT2D eigenvalue weighted by molar-refractivity contribution is -0.151. The lowest BCUT2D eigenvalue weighted by atomic mass is 9.47. The number of allylic oxidation sites excluding steroid dienone is 4. The normalized spacial score (nSPS) is 33.0. The predicted octanol–water partition coefficient (Wildman–Crippen LogP) is 12.7. The topological polar surface area (TPSA) is 46.5 Å². The van der Waals surface area contributed by atoms with Gasteiger partial charge >= 0.3 is 5.97 Å². The van der Waals surface area contributed by atoms with Crippen LogP contribution in [0.25, 0.3) is 0 Å². The maximum absolute atomic E-state index is 12.8. The molecule has 4 aliphatic carbocycles. The van der Waals surface area contributed by atoms with Crippen LogP contribution in [0.15, 0.2) is 36.0 Å². The van der Waals surface area contributed by atoms with Crippen molar-refractivity contribution in [2.75, 3.05) is 0 Å². The molecule has 0 saturated heterocycles. The second-order valence-electron chi connectivity index (χ2n) is 17.8. The summed E-state index contributed by atoms with van der Waals surface area (Å²) in [5.41, 5.74) is 2.46. The molecule has 1 N–H and O–H groups in total. The average Bonchev–Trinajstić information content (AvgIpc) is 3.41. The van der Waals surface area contributed by atoms with Crippen molar-refractivity contribution in [1.82, 2.24) is 0 Å². The number of carbonyl (C=O) groups is 1. The standard InChI is InChI=1S/C45H76O3/c1-7-8-9-10-11-13-16-22-37(46)23-17-14-12-15-18-24-43(47)48-38-29-31-44(5)36(33-38)25-26-39-41-28-27-40(35(4)21-19-20-34(2)3)45(41,6)32-30-42(39)44/h11,13,16,22,25,34-35,37-42,46H,7-10,12,14-15,17-21,23-24,26-33H2,1-6H3/b13-11+,22-16+/t35-,37?,38+,39+,40-,41+,42+,44+,45-/m1/s1. The van der Waals surface area contributed by atoms with Crippen LogP contribution in [0.3, 0.4) is 0 Å². The van der Waals surface area contributed by atoms with Gasteiger partial charge < -0.3 is 9.84 Å². The van der Waals surface area contributed by atoms with E-state index in [0.29, 0.717) is 17.3 Å². The molecule has 0 radical (unpaired) electrons. The number of esters is 1. The van der Waals surface area contributed by atoms with Gasteiger partial charge in [-0.15, -0.1) is 0 Å². The molecule has 48 heavy (non-hydrogen) atoms. The van der Waals surface area contributed by atoms with Crippen LogP contribution in [-0.4, -0.2) is 23.3 Å². The van der Waals surface area contributed by atoms with E-state index in [0.717, 1.165) is 93.3 Å². The van der Waals surface area contributed by atoms with E-state index in [4.69, 9.17) is 4.74 Å². The maximum atomic E-state index is 12.8. The molecule has 0 heterocycles. The van der Waals surface area contributed by atoms with Crippen LogP contribution >= 0.6 is 0 Å². The first-order valence-corrected chi connectivity index (χ1v) is 21.0. The molecule has 0 aromatic carbocycles. The molecule has 4 aliphatic rings. The molecule has 0 amide bonds. The fraction of sp³-hybridized carbons (Fsp3) is 0.844. The Morgan fingerprint density at radius 1 is 0.896 bits per heavy atom. The van der Waals surface area contributed by atoms with Gasteiger partial charge in [0.05, 0.1) is 6.10 Å². The first kappa shape index (κ1) is 39.4. The van der Waals surface area contributed by atoms with E-state index in [1.54, 1.807) is 5.57 Å². The largest absolute Gasteiger partial charge is 0.462 e. The van der Waals surface area contributed by atoms with Crippen LogP contribution in [0.2, 0.25) is 0 Å². The second kappa shape index (κ2) is 19.3. The third-order valence-electron chi connectivity index (χ3n) is 14.0. The molecule has 0 spiro atoms. The van der Waals surface area contributed by atoms with Gasteiger partial charge in [0.2, 0.25) is 0 Å². The van der Waals surface area contributed by atoms with E-state index in [2.05, 4.69) is 59.8 Å². The number of carbonyl (C=O) groups excluding carboxylic acids is 1. The molecule has 3 heteroatoms. The Morgan fingerprint density at radius 3 is 2.48 bits per heavy atom. The molecule has 3 nitrogen and oxygen atoms in total. The van der Waals surface area contributed by atoms with Gasteiger partial charge in [0.15, 0.2) is 0 Å². The minimum Gasteiger partial charge on any atom is -0.462 e. The highest BCUT2D eigenvalue weighted by Crippen LogP contribution is 2.67. The Bertz CT molecular complexity index is 1050. The minimum atomic E-state index is -0.353. The number of ether oxygens (including phenoxy) is 1. The lowest BCUT2D eigenvalue weighted by Gasteiger charge is -2.58. The van der Waals surface area contributed by atoms with Gasteiger partial charge in [0, 0.05) is 12.8 Å². The van der Waals surface area contributed by atoms with Crippen LogP contribution in [0.4, 0.5) is 0 Å². The monoisotopic (exact) mass is 665 g/mol. The Balaban J connectivity index is 1.13. The summed E-state index contributed by atoms with van der Waals surface area (Å²) in [4.78, 5) is 12.8.